The molecule has 0 aromatic heterocycles. The van der Waals surface area contributed by atoms with Crippen LogP contribution in [0.2, 0.25) is 0 Å². The Morgan fingerprint density at radius 1 is 0.567 bits per heavy atom. The number of rotatable bonds is 19. The molecule has 0 fully saturated rings. The standard InChI is InChI=1S/C22H48N2O6/c1-5-8-18(26)12-21(29)14-23(3)16-24(4)15-22(30)13-20(28)10-7-9-19(27)11-17(25)6-2/h17-22,25-30H,5-16H2,1-4H3. The second-order valence-corrected chi connectivity index (χ2v) is 8.98. The van der Waals surface area contributed by atoms with E-state index in [9.17, 15) is 30.6 Å². The topological polar surface area (TPSA) is 128 Å². The van der Waals surface area contributed by atoms with Crippen LogP contribution >= 0.6 is 0 Å². The molecule has 6 atom stereocenters. The second kappa shape index (κ2) is 17.3. The van der Waals surface area contributed by atoms with Gasteiger partial charge in [-0.05, 0) is 52.6 Å². The van der Waals surface area contributed by atoms with Crippen LogP contribution in [0, 0.1) is 0 Å². The summed E-state index contributed by atoms with van der Waals surface area (Å²) in [5.74, 6) is 0. The molecule has 0 heterocycles. The highest BCUT2D eigenvalue weighted by Gasteiger charge is 2.18. The lowest BCUT2D eigenvalue weighted by atomic mass is 10.0. The van der Waals surface area contributed by atoms with E-state index >= 15 is 0 Å². The molecule has 0 aliphatic heterocycles. The summed E-state index contributed by atoms with van der Waals surface area (Å²) in [6.07, 6.45) is 1.47. The van der Waals surface area contributed by atoms with Gasteiger partial charge in [-0.3, -0.25) is 9.80 Å². The molecule has 8 heteroatoms. The van der Waals surface area contributed by atoms with E-state index in [2.05, 4.69) is 0 Å². The zero-order chi connectivity index (χ0) is 23.1. The van der Waals surface area contributed by atoms with Crippen LogP contribution in [0.3, 0.4) is 0 Å². The third-order valence-electron chi connectivity index (χ3n) is 5.33. The van der Waals surface area contributed by atoms with Gasteiger partial charge in [0.2, 0.25) is 0 Å². The number of aliphatic hydroxyl groups is 6. The Labute approximate surface area is 183 Å². The number of hydrogen-bond donors (Lipinski definition) is 6. The van der Waals surface area contributed by atoms with E-state index in [1.165, 1.54) is 0 Å². The van der Waals surface area contributed by atoms with E-state index in [1.807, 2.05) is 37.7 Å². The SMILES string of the molecule is CCCC(O)CC(O)CN(C)CN(C)CC(O)CC(O)CCCC(O)CC(O)CC. The molecule has 0 rings (SSSR count). The molecule has 0 aromatic carbocycles. The third kappa shape index (κ3) is 16.4. The lowest BCUT2D eigenvalue weighted by molar-refractivity contribution is 0.0258. The maximum Gasteiger partial charge on any atom is 0.0692 e. The van der Waals surface area contributed by atoms with Gasteiger partial charge in [0.15, 0.2) is 0 Å². The first-order valence-corrected chi connectivity index (χ1v) is 11.5. The van der Waals surface area contributed by atoms with Gasteiger partial charge in [0.1, 0.15) is 0 Å². The zero-order valence-electron chi connectivity index (χ0n) is 19.5. The van der Waals surface area contributed by atoms with Crippen LogP contribution in [-0.4, -0.2) is 111 Å². The minimum atomic E-state index is -0.665. The summed E-state index contributed by atoms with van der Waals surface area (Å²) < 4.78 is 0. The van der Waals surface area contributed by atoms with E-state index in [4.69, 9.17) is 0 Å². The highest BCUT2D eigenvalue weighted by atomic mass is 16.3. The molecular weight excluding hydrogens is 388 g/mol. The monoisotopic (exact) mass is 436 g/mol. The molecule has 0 bridgehead atoms. The molecule has 0 aliphatic rings. The van der Waals surface area contributed by atoms with E-state index in [0.717, 1.165) is 6.42 Å². The van der Waals surface area contributed by atoms with E-state index in [0.29, 0.717) is 64.7 Å². The predicted octanol–water partition coefficient (Wildman–Crippen LogP) is 0.524. The van der Waals surface area contributed by atoms with Crippen LogP contribution in [0.4, 0.5) is 0 Å². The Morgan fingerprint density at radius 2 is 0.967 bits per heavy atom. The van der Waals surface area contributed by atoms with Crippen molar-refractivity contribution in [1.82, 2.24) is 9.80 Å². The van der Waals surface area contributed by atoms with Crippen LogP contribution in [0.1, 0.15) is 71.6 Å². The number of hydrogen-bond acceptors (Lipinski definition) is 8. The molecular formula is C22H48N2O6. The van der Waals surface area contributed by atoms with Crippen molar-refractivity contribution >= 4 is 0 Å². The normalized spacial score (nSPS) is 18.4. The number of likely N-dealkylation sites (N-methyl/N-ethyl adjacent to an activating group) is 2. The quantitative estimate of drug-likeness (QED) is 0.162. The average molecular weight is 437 g/mol. The maximum atomic E-state index is 10.2. The van der Waals surface area contributed by atoms with Crippen LogP contribution in [0.25, 0.3) is 0 Å². The fourth-order valence-corrected chi connectivity index (χ4v) is 3.78. The predicted molar refractivity (Wildman–Crippen MR) is 119 cm³/mol. The van der Waals surface area contributed by atoms with Gasteiger partial charge in [0, 0.05) is 25.9 Å². The Kier molecular flexibility index (Phi) is 17.1. The van der Waals surface area contributed by atoms with E-state index in [1.54, 1.807) is 0 Å². The molecule has 0 aromatic rings. The molecule has 0 spiro atoms. The molecule has 6 N–H and O–H groups in total. The summed E-state index contributed by atoms with van der Waals surface area (Å²) in [6.45, 7) is 5.28. The third-order valence-corrected chi connectivity index (χ3v) is 5.33. The van der Waals surface area contributed by atoms with Crippen molar-refractivity contribution in [3.05, 3.63) is 0 Å². The maximum absolute atomic E-state index is 10.2. The van der Waals surface area contributed by atoms with Crippen molar-refractivity contribution in [1.29, 1.82) is 0 Å². The molecule has 182 valence electrons. The smallest absolute Gasteiger partial charge is 0.0692 e. The van der Waals surface area contributed by atoms with Gasteiger partial charge in [-0.1, -0.05) is 20.3 Å². The summed E-state index contributed by atoms with van der Waals surface area (Å²) in [7, 11) is 3.76. The van der Waals surface area contributed by atoms with Crippen molar-refractivity contribution in [3.8, 4) is 0 Å². The van der Waals surface area contributed by atoms with Gasteiger partial charge in [-0.25, -0.2) is 0 Å². The summed E-state index contributed by atoms with van der Waals surface area (Å²) >= 11 is 0. The Morgan fingerprint density at radius 3 is 1.37 bits per heavy atom. The van der Waals surface area contributed by atoms with Gasteiger partial charge in [-0.2, -0.15) is 0 Å². The summed E-state index contributed by atoms with van der Waals surface area (Å²) in [5, 5.41) is 59.6. The van der Waals surface area contributed by atoms with Crippen molar-refractivity contribution in [2.45, 2.75) is 108 Å². The Bertz CT molecular complexity index is 404. The zero-order valence-corrected chi connectivity index (χ0v) is 19.5. The van der Waals surface area contributed by atoms with E-state index < -0.39 is 36.6 Å². The first-order chi connectivity index (χ1) is 14.1. The molecule has 0 aliphatic carbocycles. The summed E-state index contributed by atoms with van der Waals surface area (Å²) in [4.78, 5) is 3.88. The highest BCUT2D eigenvalue weighted by molar-refractivity contribution is 4.71. The van der Waals surface area contributed by atoms with Gasteiger partial charge >= 0.3 is 0 Å². The van der Waals surface area contributed by atoms with Crippen LogP contribution < -0.4 is 0 Å². The van der Waals surface area contributed by atoms with Gasteiger partial charge in [0.25, 0.3) is 0 Å². The van der Waals surface area contributed by atoms with Gasteiger partial charge in [-0.15, -0.1) is 0 Å². The van der Waals surface area contributed by atoms with Crippen molar-refractivity contribution in [2.75, 3.05) is 33.9 Å². The Hall–Kier alpha value is -0.320. The molecule has 0 radical (unpaired) electrons. The second-order valence-electron chi connectivity index (χ2n) is 8.98. The van der Waals surface area contributed by atoms with Crippen LogP contribution in [-0.2, 0) is 0 Å². The minimum Gasteiger partial charge on any atom is -0.393 e. The minimum absolute atomic E-state index is 0.271. The first-order valence-electron chi connectivity index (χ1n) is 11.5. The molecule has 0 saturated heterocycles. The fourth-order valence-electron chi connectivity index (χ4n) is 3.78. The molecule has 6 unspecified atom stereocenters. The first kappa shape index (κ1) is 29.7. The van der Waals surface area contributed by atoms with E-state index in [-0.39, 0.29) is 6.42 Å². The lowest BCUT2D eigenvalue weighted by Crippen LogP contribution is -2.41. The van der Waals surface area contributed by atoms with Crippen molar-refractivity contribution in [2.24, 2.45) is 0 Å². The molecule has 0 amide bonds. The van der Waals surface area contributed by atoms with Crippen LogP contribution in [0.15, 0.2) is 0 Å². The van der Waals surface area contributed by atoms with Gasteiger partial charge in [0.05, 0.1) is 43.3 Å². The molecule has 0 saturated carbocycles. The number of nitrogens with zero attached hydrogens (tertiary/aromatic N) is 2. The Balaban J connectivity index is 4.01. The van der Waals surface area contributed by atoms with Crippen molar-refractivity contribution < 1.29 is 30.6 Å². The van der Waals surface area contributed by atoms with Gasteiger partial charge < -0.3 is 30.6 Å². The van der Waals surface area contributed by atoms with Crippen molar-refractivity contribution in [3.63, 3.8) is 0 Å². The summed E-state index contributed by atoms with van der Waals surface area (Å²) in [6, 6.07) is 0. The fraction of sp³-hybridized carbons (Fsp3) is 1.00. The largest absolute Gasteiger partial charge is 0.393 e. The molecule has 30 heavy (non-hydrogen) atoms. The number of aliphatic hydroxyl groups excluding tert-OH is 6. The highest BCUT2D eigenvalue weighted by Crippen LogP contribution is 2.13. The van der Waals surface area contributed by atoms with Crippen LogP contribution in [0.5, 0.6) is 0 Å². The molecule has 8 nitrogen and oxygen atoms in total. The average Bonchev–Trinajstić information content (AvgIpc) is 2.60. The summed E-state index contributed by atoms with van der Waals surface area (Å²) in [5.41, 5.74) is 0. The lowest BCUT2D eigenvalue weighted by Gasteiger charge is -2.28.